The average molecular weight is 336 g/mol. The van der Waals surface area contributed by atoms with E-state index in [0.29, 0.717) is 5.75 Å². The van der Waals surface area contributed by atoms with Crippen molar-refractivity contribution in [3.63, 3.8) is 0 Å². The first-order valence-electron chi connectivity index (χ1n) is 7.85. The van der Waals surface area contributed by atoms with Gasteiger partial charge in [-0.3, -0.25) is 9.78 Å². The van der Waals surface area contributed by atoms with E-state index in [1.807, 2.05) is 42.5 Å². The van der Waals surface area contributed by atoms with Crippen LogP contribution in [0.25, 0.3) is 0 Å². The average Bonchev–Trinajstić information content (AvgIpc) is 2.66. The number of hydrogen-bond acceptors (Lipinski definition) is 3. The fourth-order valence-corrected chi connectivity index (χ4v) is 2.47. The third-order valence-corrected chi connectivity index (χ3v) is 3.64. The molecule has 3 rings (SSSR count). The molecule has 1 atom stereocenters. The maximum atomic E-state index is 13.2. The van der Waals surface area contributed by atoms with Crippen LogP contribution in [0.5, 0.6) is 5.75 Å². The van der Waals surface area contributed by atoms with Gasteiger partial charge in [0.2, 0.25) is 0 Å². The van der Waals surface area contributed by atoms with Crippen molar-refractivity contribution in [2.24, 2.45) is 0 Å². The lowest BCUT2D eigenvalue weighted by molar-refractivity contribution is -0.123. The Balaban J connectivity index is 1.71. The molecule has 1 amide bonds. The summed E-state index contributed by atoms with van der Waals surface area (Å²) < 4.78 is 18.5. The van der Waals surface area contributed by atoms with E-state index >= 15 is 0 Å². The van der Waals surface area contributed by atoms with Crippen LogP contribution < -0.4 is 10.1 Å². The van der Waals surface area contributed by atoms with Crippen molar-refractivity contribution >= 4 is 5.91 Å². The number of aromatic nitrogens is 1. The highest BCUT2D eigenvalue weighted by atomic mass is 19.1. The van der Waals surface area contributed by atoms with E-state index in [0.717, 1.165) is 11.1 Å². The minimum atomic E-state index is -0.406. The zero-order valence-electron chi connectivity index (χ0n) is 13.4. The molecule has 126 valence electrons. The van der Waals surface area contributed by atoms with Gasteiger partial charge < -0.3 is 10.1 Å². The second-order valence-electron chi connectivity index (χ2n) is 5.44. The number of amides is 1. The molecule has 1 N–H and O–H groups in total. The van der Waals surface area contributed by atoms with Crippen LogP contribution in [0, 0.1) is 5.82 Å². The molecule has 5 heteroatoms. The van der Waals surface area contributed by atoms with Crippen LogP contribution in [0.1, 0.15) is 17.2 Å². The summed E-state index contributed by atoms with van der Waals surface area (Å²) in [5.74, 6) is -0.387. The van der Waals surface area contributed by atoms with Crippen LogP contribution in [0.2, 0.25) is 0 Å². The summed E-state index contributed by atoms with van der Waals surface area (Å²) in [7, 11) is 0. The monoisotopic (exact) mass is 336 g/mol. The number of ether oxygens (including phenoxy) is 1. The van der Waals surface area contributed by atoms with Crippen LogP contribution in [-0.4, -0.2) is 17.5 Å². The minimum Gasteiger partial charge on any atom is -0.484 e. The number of halogens is 1. The standard InChI is InChI=1S/C20H17FN2O2/c21-17-7-4-8-18(13-17)25-14-19(24)23-20(15-5-2-1-3-6-15)16-9-11-22-12-10-16/h1-13,20H,14H2,(H,23,24)/t20-/m1/s1. The Labute approximate surface area is 145 Å². The molecule has 0 spiro atoms. The molecule has 0 bridgehead atoms. The summed E-state index contributed by atoms with van der Waals surface area (Å²) in [6, 6.07) is 18.7. The molecule has 1 heterocycles. The third-order valence-electron chi connectivity index (χ3n) is 3.64. The maximum absolute atomic E-state index is 13.2. The predicted octanol–water partition coefficient (Wildman–Crippen LogP) is 3.51. The van der Waals surface area contributed by atoms with Crippen molar-refractivity contribution in [3.05, 3.63) is 96.1 Å². The summed E-state index contributed by atoms with van der Waals surface area (Å²) in [6.07, 6.45) is 3.36. The maximum Gasteiger partial charge on any atom is 0.258 e. The zero-order valence-corrected chi connectivity index (χ0v) is 13.4. The number of pyridine rings is 1. The van der Waals surface area contributed by atoms with E-state index in [-0.39, 0.29) is 18.6 Å². The van der Waals surface area contributed by atoms with Crippen molar-refractivity contribution < 1.29 is 13.9 Å². The van der Waals surface area contributed by atoms with Crippen molar-refractivity contribution in [1.29, 1.82) is 0 Å². The van der Waals surface area contributed by atoms with Gasteiger partial charge in [-0.2, -0.15) is 0 Å². The molecule has 0 fully saturated rings. The molecule has 0 aliphatic heterocycles. The van der Waals surface area contributed by atoms with Crippen molar-refractivity contribution in [2.45, 2.75) is 6.04 Å². The fraction of sp³-hybridized carbons (Fsp3) is 0.100. The highest BCUT2D eigenvalue weighted by Gasteiger charge is 2.17. The van der Waals surface area contributed by atoms with Crippen molar-refractivity contribution in [1.82, 2.24) is 10.3 Å². The number of benzene rings is 2. The topological polar surface area (TPSA) is 51.2 Å². The Bertz CT molecular complexity index is 786. The summed E-state index contributed by atoms with van der Waals surface area (Å²) in [5.41, 5.74) is 1.87. The van der Waals surface area contributed by atoms with E-state index < -0.39 is 5.82 Å². The van der Waals surface area contributed by atoms with Crippen molar-refractivity contribution in [3.8, 4) is 5.75 Å². The Kier molecular flexibility index (Phi) is 5.36. The molecule has 0 aliphatic rings. The van der Waals surface area contributed by atoms with Crippen LogP contribution in [0.15, 0.2) is 79.1 Å². The van der Waals surface area contributed by atoms with Gasteiger partial charge in [0, 0.05) is 18.5 Å². The van der Waals surface area contributed by atoms with Crippen molar-refractivity contribution in [2.75, 3.05) is 6.61 Å². The van der Waals surface area contributed by atoms with Gasteiger partial charge in [-0.05, 0) is 35.4 Å². The zero-order chi connectivity index (χ0) is 17.5. The molecule has 3 aromatic rings. The van der Waals surface area contributed by atoms with Crippen LogP contribution in [-0.2, 0) is 4.79 Å². The second-order valence-corrected chi connectivity index (χ2v) is 5.44. The Morgan fingerprint density at radius 1 is 1.00 bits per heavy atom. The highest BCUT2D eigenvalue weighted by Crippen LogP contribution is 2.21. The third kappa shape index (κ3) is 4.64. The largest absolute Gasteiger partial charge is 0.484 e. The van der Waals surface area contributed by atoms with Gasteiger partial charge in [-0.15, -0.1) is 0 Å². The molecule has 0 unspecified atom stereocenters. The first-order valence-corrected chi connectivity index (χ1v) is 7.85. The molecule has 2 aromatic carbocycles. The smallest absolute Gasteiger partial charge is 0.258 e. The number of nitrogens with zero attached hydrogens (tertiary/aromatic N) is 1. The van der Waals surface area contributed by atoms with Gasteiger partial charge in [0.25, 0.3) is 5.91 Å². The summed E-state index contributed by atoms with van der Waals surface area (Å²) in [6.45, 7) is -0.197. The number of rotatable bonds is 6. The van der Waals surface area contributed by atoms with Gasteiger partial charge in [-0.25, -0.2) is 4.39 Å². The number of carbonyl (C=O) groups excluding carboxylic acids is 1. The molecule has 4 nitrogen and oxygen atoms in total. The summed E-state index contributed by atoms with van der Waals surface area (Å²) >= 11 is 0. The second kappa shape index (κ2) is 8.06. The fourth-order valence-electron chi connectivity index (χ4n) is 2.47. The Hall–Kier alpha value is -3.21. The van der Waals surface area contributed by atoms with E-state index in [1.54, 1.807) is 18.5 Å². The van der Waals surface area contributed by atoms with Gasteiger partial charge in [-0.1, -0.05) is 36.4 Å². The van der Waals surface area contributed by atoms with E-state index in [9.17, 15) is 9.18 Å². The molecular formula is C20H17FN2O2. The predicted molar refractivity (Wildman–Crippen MR) is 92.6 cm³/mol. The van der Waals surface area contributed by atoms with Gasteiger partial charge >= 0.3 is 0 Å². The minimum absolute atomic E-state index is 0.197. The molecule has 0 saturated heterocycles. The lowest BCUT2D eigenvalue weighted by Gasteiger charge is -2.20. The lowest BCUT2D eigenvalue weighted by Crippen LogP contribution is -2.33. The van der Waals surface area contributed by atoms with E-state index in [2.05, 4.69) is 10.3 Å². The molecule has 0 aliphatic carbocycles. The number of nitrogens with one attached hydrogen (secondary N) is 1. The highest BCUT2D eigenvalue weighted by molar-refractivity contribution is 5.78. The molecule has 0 radical (unpaired) electrons. The molecule has 1 aromatic heterocycles. The molecule has 0 saturated carbocycles. The Morgan fingerprint density at radius 3 is 2.44 bits per heavy atom. The lowest BCUT2D eigenvalue weighted by atomic mass is 10.00. The van der Waals surface area contributed by atoms with Gasteiger partial charge in [0.05, 0.1) is 6.04 Å². The molecule has 25 heavy (non-hydrogen) atoms. The first kappa shape index (κ1) is 16.6. The van der Waals surface area contributed by atoms with Crippen LogP contribution in [0.4, 0.5) is 4.39 Å². The normalized spacial score (nSPS) is 11.6. The molecular weight excluding hydrogens is 319 g/mol. The Morgan fingerprint density at radius 2 is 1.72 bits per heavy atom. The quantitative estimate of drug-likeness (QED) is 0.749. The first-order chi connectivity index (χ1) is 12.2. The summed E-state index contributed by atoms with van der Waals surface area (Å²) in [5, 5.41) is 2.95. The SMILES string of the molecule is O=C(COc1cccc(F)c1)N[C@H](c1ccccc1)c1ccncc1. The van der Waals surface area contributed by atoms with Gasteiger partial charge in [0.15, 0.2) is 6.61 Å². The van der Waals surface area contributed by atoms with Crippen LogP contribution in [0.3, 0.4) is 0 Å². The number of carbonyl (C=O) groups is 1. The van der Waals surface area contributed by atoms with E-state index in [4.69, 9.17) is 4.74 Å². The van der Waals surface area contributed by atoms with E-state index in [1.165, 1.54) is 18.2 Å². The van der Waals surface area contributed by atoms with Crippen LogP contribution >= 0.6 is 0 Å². The summed E-state index contributed by atoms with van der Waals surface area (Å²) in [4.78, 5) is 16.3. The number of hydrogen-bond donors (Lipinski definition) is 1. The van der Waals surface area contributed by atoms with Gasteiger partial charge in [0.1, 0.15) is 11.6 Å².